The van der Waals surface area contributed by atoms with Gasteiger partial charge in [-0.2, -0.15) is 5.26 Å². The Morgan fingerprint density at radius 1 is 1.19 bits per heavy atom. The Labute approximate surface area is 217 Å². The monoisotopic (exact) mass is 499 g/mol. The van der Waals surface area contributed by atoms with Crippen molar-refractivity contribution in [2.45, 2.75) is 58.5 Å². The van der Waals surface area contributed by atoms with Crippen LogP contribution < -0.4 is 4.74 Å². The predicted molar refractivity (Wildman–Crippen MR) is 143 cm³/mol. The van der Waals surface area contributed by atoms with Gasteiger partial charge < -0.3 is 19.6 Å². The van der Waals surface area contributed by atoms with E-state index in [2.05, 4.69) is 31.0 Å². The number of aromatic amines is 1. The SMILES string of the molecule is COc1cc2c(cc1C1=CCN(C(O)OC(C)(C)C)CC1)C(=O)c1c([nH]c3cc(C#N)ccc13)C2(C)C. The van der Waals surface area contributed by atoms with Crippen molar-refractivity contribution in [2.75, 3.05) is 20.2 Å². The molecule has 2 aromatic carbocycles. The number of ether oxygens (including phenoxy) is 2. The van der Waals surface area contributed by atoms with Crippen molar-refractivity contribution in [2.24, 2.45) is 0 Å². The molecule has 0 saturated carbocycles. The van der Waals surface area contributed by atoms with Crippen LogP contribution in [0.5, 0.6) is 5.75 Å². The molecule has 2 N–H and O–H groups in total. The molecule has 1 aliphatic carbocycles. The minimum absolute atomic E-state index is 0.0313. The molecular weight excluding hydrogens is 466 g/mol. The highest BCUT2D eigenvalue weighted by Gasteiger charge is 2.40. The fourth-order valence-corrected chi connectivity index (χ4v) is 5.47. The van der Waals surface area contributed by atoms with Crippen LogP contribution in [0.25, 0.3) is 16.5 Å². The highest BCUT2D eigenvalue weighted by molar-refractivity contribution is 6.20. The minimum atomic E-state index is -0.979. The third kappa shape index (κ3) is 4.25. The summed E-state index contributed by atoms with van der Waals surface area (Å²) < 4.78 is 11.5. The van der Waals surface area contributed by atoms with Crippen molar-refractivity contribution >= 4 is 22.3 Å². The molecular formula is C30H33N3O4. The largest absolute Gasteiger partial charge is 0.496 e. The van der Waals surface area contributed by atoms with E-state index in [1.807, 2.05) is 43.9 Å². The van der Waals surface area contributed by atoms with E-state index in [0.29, 0.717) is 36.2 Å². The molecule has 0 fully saturated rings. The molecule has 0 spiro atoms. The van der Waals surface area contributed by atoms with E-state index in [4.69, 9.17) is 9.47 Å². The fourth-order valence-electron chi connectivity index (χ4n) is 5.47. The highest BCUT2D eigenvalue weighted by atomic mass is 16.6. The molecule has 0 saturated heterocycles. The van der Waals surface area contributed by atoms with Crippen molar-refractivity contribution in [1.82, 2.24) is 9.88 Å². The zero-order valence-corrected chi connectivity index (χ0v) is 22.2. The second-order valence-corrected chi connectivity index (χ2v) is 11.3. The lowest BCUT2D eigenvalue weighted by atomic mass is 9.70. The molecule has 2 heterocycles. The van der Waals surface area contributed by atoms with Crippen LogP contribution in [0.15, 0.2) is 36.4 Å². The number of carbonyl (C=O) groups excluding carboxylic acids is 1. The van der Waals surface area contributed by atoms with Crippen LogP contribution in [0, 0.1) is 11.3 Å². The minimum Gasteiger partial charge on any atom is -0.496 e. The average molecular weight is 500 g/mol. The number of hydrogen-bond donors (Lipinski definition) is 2. The molecule has 37 heavy (non-hydrogen) atoms. The first-order chi connectivity index (χ1) is 17.4. The first-order valence-electron chi connectivity index (χ1n) is 12.6. The zero-order chi connectivity index (χ0) is 26.7. The molecule has 1 aliphatic heterocycles. The van der Waals surface area contributed by atoms with E-state index in [0.717, 1.165) is 39.0 Å². The Balaban J connectivity index is 1.56. The van der Waals surface area contributed by atoms with Gasteiger partial charge in [0.05, 0.1) is 29.9 Å². The van der Waals surface area contributed by atoms with E-state index in [9.17, 15) is 15.2 Å². The summed E-state index contributed by atoms with van der Waals surface area (Å²) in [6, 6.07) is 11.5. The van der Waals surface area contributed by atoms with Crippen LogP contribution in [0.4, 0.5) is 0 Å². The van der Waals surface area contributed by atoms with Gasteiger partial charge in [-0.1, -0.05) is 26.0 Å². The molecule has 7 heteroatoms. The number of aliphatic hydroxyl groups is 1. The summed E-state index contributed by atoms with van der Waals surface area (Å²) in [7, 11) is 1.65. The van der Waals surface area contributed by atoms with Crippen molar-refractivity contribution in [3.05, 3.63) is 69.9 Å². The highest BCUT2D eigenvalue weighted by Crippen LogP contribution is 2.46. The number of H-pyrrole nitrogens is 1. The molecule has 1 unspecified atom stereocenters. The maximum Gasteiger partial charge on any atom is 0.216 e. The number of rotatable bonds is 4. The van der Waals surface area contributed by atoms with Gasteiger partial charge in [-0.15, -0.1) is 0 Å². The standard InChI is InChI=1S/C30H33N3O4/c1-29(2,3)37-28(35)33-11-9-18(10-12-33)20-14-21-22(15-24(20)36-6)30(4,5)27-25(26(21)34)19-8-7-17(16-31)13-23(19)32-27/h7-9,13-15,28,32,35H,10-12H2,1-6H3. The Morgan fingerprint density at radius 3 is 2.57 bits per heavy atom. The van der Waals surface area contributed by atoms with Crippen LogP contribution in [0.3, 0.4) is 0 Å². The Bertz CT molecular complexity index is 1480. The molecule has 1 aromatic heterocycles. The van der Waals surface area contributed by atoms with Gasteiger partial charge in [0.1, 0.15) is 5.75 Å². The smallest absolute Gasteiger partial charge is 0.216 e. The zero-order valence-electron chi connectivity index (χ0n) is 22.2. The summed E-state index contributed by atoms with van der Waals surface area (Å²) >= 11 is 0. The van der Waals surface area contributed by atoms with Gasteiger partial charge >= 0.3 is 0 Å². The number of aliphatic hydroxyl groups excluding tert-OH is 1. The molecule has 192 valence electrons. The van der Waals surface area contributed by atoms with E-state index in [1.165, 1.54) is 0 Å². The topological polar surface area (TPSA) is 98.6 Å². The molecule has 1 atom stereocenters. The van der Waals surface area contributed by atoms with E-state index < -0.39 is 17.4 Å². The molecule has 7 nitrogen and oxygen atoms in total. The van der Waals surface area contributed by atoms with Crippen LogP contribution in [0.2, 0.25) is 0 Å². The van der Waals surface area contributed by atoms with Gasteiger partial charge in [-0.3, -0.25) is 9.69 Å². The van der Waals surface area contributed by atoms with Crippen LogP contribution >= 0.6 is 0 Å². The third-order valence-corrected chi connectivity index (χ3v) is 7.40. The quantitative estimate of drug-likeness (QED) is 0.485. The lowest BCUT2D eigenvalue weighted by molar-refractivity contribution is -0.236. The summed E-state index contributed by atoms with van der Waals surface area (Å²) in [6.45, 7) is 11.1. The first kappa shape index (κ1) is 25.2. The van der Waals surface area contributed by atoms with Crippen molar-refractivity contribution in [3.63, 3.8) is 0 Å². The number of carbonyl (C=O) groups is 1. The van der Waals surface area contributed by atoms with Gasteiger partial charge in [0.2, 0.25) is 6.41 Å². The summed E-state index contributed by atoms with van der Waals surface area (Å²) in [6.07, 6.45) is 1.78. The van der Waals surface area contributed by atoms with Crippen LogP contribution in [0.1, 0.15) is 79.3 Å². The number of aromatic nitrogens is 1. The second kappa shape index (κ2) is 8.84. The Hall–Kier alpha value is -3.44. The maximum absolute atomic E-state index is 13.9. The molecule has 0 bridgehead atoms. The Kier molecular flexibility index (Phi) is 6.03. The van der Waals surface area contributed by atoms with Crippen molar-refractivity contribution in [1.29, 1.82) is 5.26 Å². The van der Waals surface area contributed by atoms with Crippen LogP contribution in [-0.2, 0) is 10.2 Å². The summed E-state index contributed by atoms with van der Waals surface area (Å²) in [5.41, 5.74) is 5.48. The fraction of sp³-hybridized carbons (Fsp3) is 0.400. The number of nitriles is 1. The predicted octanol–water partition coefficient (Wildman–Crippen LogP) is 5.10. The maximum atomic E-state index is 13.9. The summed E-state index contributed by atoms with van der Waals surface area (Å²) in [4.78, 5) is 19.2. The number of ketones is 1. The molecule has 2 aliphatic rings. The van der Waals surface area contributed by atoms with Gasteiger partial charge in [0, 0.05) is 46.2 Å². The Morgan fingerprint density at radius 2 is 1.95 bits per heavy atom. The van der Waals surface area contributed by atoms with Gasteiger partial charge in [0.25, 0.3) is 0 Å². The van der Waals surface area contributed by atoms with Crippen molar-refractivity contribution in [3.8, 4) is 11.8 Å². The first-order valence-corrected chi connectivity index (χ1v) is 12.6. The number of fused-ring (bicyclic) bond motifs is 4. The van der Waals surface area contributed by atoms with E-state index >= 15 is 0 Å². The van der Waals surface area contributed by atoms with Gasteiger partial charge in [0.15, 0.2) is 5.78 Å². The number of benzene rings is 2. The number of nitrogens with zero attached hydrogens (tertiary/aromatic N) is 2. The second-order valence-electron chi connectivity index (χ2n) is 11.3. The van der Waals surface area contributed by atoms with Crippen LogP contribution in [-0.4, -0.2) is 53.0 Å². The van der Waals surface area contributed by atoms with E-state index in [-0.39, 0.29) is 5.78 Å². The number of hydrogen-bond acceptors (Lipinski definition) is 6. The summed E-state index contributed by atoms with van der Waals surface area (Å²) in [5.74, 6) is 0.688. The molecule has 0 radical (unpaired) electrons. The number of methoxy groups -OCH3 is 1. The summed E-state index contributed by atoms with van der Waals surface area (Å²) in [5, 5.41) is 20.7. The molecule has 3 aromatic rings. The third-order valence-electron chi connectivity index (χ3n) is 7.40. The number of nitrogens with one attached hydrogen (secondary N) is 1. The normalized spacial score (nSPS) is 18.1. The average Bonchev–Trinajstić information content (AvgIpc) is 3.26. The van der Waals surface area contributed by atoms with Crippen molar-refractivity contribution < 1.29 is 19.4 Å². The molecule has 5 rings (SSSR count). The lowest BCUT2D eigenvalue weighted by Crippen LogP contribution is -2.43. The van der Waals surface area contributed by atoms with E-state index in [1.54, 1.807) is 19.2 Å². The molecule has 0 amide bonds. The van der Waals surface area contributed by atoms with Gasteiger partial charge in [-0.25, -0.2) is 0 Å². The van der Waals surface area contributed by atoms with Gasteiger partial charge in [-0.05, 0) is 62.6 Å². The lowest BCUT2D eigenvalue weighted by Gasteiger charge is -2.35.